The van der Waals surface area contributed by atoms with E-state index in [0.29, 0.717) is 69.4 Å². The molecule has 0 unspecified atom stereocenters. The van der Waals surface area contributed by atoms with Gasteiger partial charge in [0.15, 0.2) is 46.3 Å². The van der Waals surface area contributed by atoms with E-state index in [4.69, 9.17) is 5.73 Å². The summed E-state index contributed by atoms with van der Waals surface area (Å²) in [6, 6.07) is -17.6. The van der Waals surface area contributed by atoms with E-state index in [1.54, 1.807) is 69.2 Å². The number of ketones is 8. The smallest absolute Gasteiger partial charge is 0.239 e. The molecule has 0 saturated heterocycles. The first kappa shape index (κ1) is 119. The van der Waals surface area contributed by atoms with Gasteiger partial charge in [0, 0.05) is 82.1 Å². The third-order valence-electron chi connectivity index (χ3n) is 22.1. The van der Waals surface area contributed by atoms with E-state index in [2.05, 4.69) is 90.4 Å². The van der Waals surface area contributed by atoms with Crippen LogP contribution in [-0.2, 0) is 120 Å². The first-order valence-corrected chi connectivity index (χ1v) is 43.7. The number of rotatable bonds is 75. The zero-order chi connectivity index (χ0) is 98.8. The van der Waals surface area contributed by atoms with Gasteiger partial charge in [0.1, 0.15) is 87.4 Å². The second kappa shape index (κ2) is 62.9. The molecule has 19 N–H and O–H groups in total. The number of aldehydes is 9. The van der Waals surface area contributed by atoms with Crippen molar-refractivity contribution in [3.05, 3.63) is 0 Å². The van der Waals surface area contributed by atoms with Gasteiger partial charge >= 0.3 is 0 Å². The number of carbonyl (C=O) groups excluding carboxylic acids is 25. The summed E-state index contributed by atoms with van der Waals surface area (Å²) in [5, 5.41) is 44.0. The maximum Gasteiger partial charge on any atom is 0.239 e. The topological polar surface area (TPSA) is 657 Å². The van der Waals surface area contributed by atoms with Crippen LogP contribution >= 0.6 is 0 Å². The number of hydrogen-bond donors (Lipinski definition) is 18. The Morgan fingerprint density at radius 2 is 0.589 bits per heavy atom. The summed E-state index contributed by atoms with van der Waals surface area (Å²) < 4.78 is 0. The molecule has 0 spiro atoms. The van der Waals surface area contributed by atoms with Crippen LogP contribution in [0.25, 0.3) is 0 Å². The van der Waals surface area contributed by atoms with E-state index < -0.39 is 302 Å². The number of nitrogens with one attached hydrogen (secondary N) is 17. The second-order valence-electron chi connectivity index (χ2n) is 33.8. The Bertz CT molecular complexity index is 3800. The van der Waals surface area contributed by atoms with Gasteiger partial charge in [0.25, 0.3) is 0 Å². The molecule has 0 saturated carbocycles. The van der Waals surface area contributed by atoms with Crippen molar-refractivity contribution in [3.63, 3.8) is 0 Å². The molecule has 8 amide bonds. The standard InChI is InChI=1S/C86H142N18O25/c1-20-46(8)63(41-111)97-60(84(127)95-55(17)66(114)30-49(11)79(122)88-19)35-68(116)56(18)93-80(123)52(14)33-70(118)75(91-25-28-107)101-86(129)61(98-64(42-112)47(9)21-2)37-73(121)78(100-65(43-113)48(10)22-3)104-85(128)59(92-53(15)38-108)36-72(120)76(96-57(39-109)29-44(4)5)102-81(124)50(12)31-67(115)54(16)94-83(126)58(89-23-26-105)34-71(119)77(99-62(40-110)45(6)7)103-82(125)51(13)32-69(117)74(87)90-24-27-106/h26-28,38-65,74-78,89-92,96-100H,20-25,29-37,87H2,1-19H3,(H,88,122)(H,93,123)(H,94,126)(H,95,127)(H,101,129)(H,102,124)(H,103,125)(H,104,128)/t46-,47-,48-,49+,50+,51+,52+,53-,54-,55-,56-,57-,58+,59+,60+,61+,62+,63+,64+,65+,74-,75+,76+,77+,78+/m0/s1. The molecular formula is C86H142N18O25. The average molecular weight is 1830 g/mol. The van der Waals surface area contributed by atoms with Gasteiger partial charge in [-0.2, -0.15) is 0 Å². The van der Waals surface area contributed by atoms with Crippen molar-refractivity contribution in [3.8, 4) is 0 Å². The summed E-state index contributed by atoms with van der Waals surface area (Å²) in [5.74, 6) is -21.0. The minimum absolute atomic E-state index is 0.0575. The minimum atomic E-state index is -2.01. The summed E-state index contributed by atoms with van der Waals surface area (Å²) in [5.41, 5.74) is 5.79. The predicted octanol–water partition coefficient (Wildman–Crippen LogP) is -4.84. The fourth-order valence-electron chi connectivity index (χ4n) is 12.8. The third-order valence-corrected chi connectivity index (χ3v) is 22.1. The zero-order valence-electron chi connectivity index (χ0n) is 77.7. The highest BCUT2D eigenvalue weighted by atomic mass is 16.2. The number of amides is 8. The normalized spacial score (nSPS) is 17.3. The molecule has 0 aromatic carbocycles. The van der Waals surface area contributed by atoms with Crippen molar-refractivity contribution in [1.29, 1.82) is 0 Å². The molecule has 0 aromatic heterocycles. The van der Waals surface area contributed by atoms with E-state index in [1.807, 2.05) is 0 Å². The molecule has 0 rings (SSSR count). The van der Waals surface area contributed by atoms with Crippen molar-refractivity contribution < 1.29 is 120 Å². The van der Waals surface area contributed by atoms with Gasteiger partial charge in [0.05, 0.1) is 98.2 Å². The number of nitrogens with two attached hydrogens (primary N) is 1. The first-order chi connectivity index (χ1) is 60.6. The largest absolute Gasteiger partial charge is 0.359 e. The van der Waals surface area contributed by atoms with Crippen LogP contribution in [-0.4, -0.2) is 286 Å². The number of Topliss-reactive ketones (excluding diaryl/α,β-unsaturated/α-hetero) is 8. The van der Waals surface area contributed by atoms with Crippen LogP contribution < -0.4 is 96.1 Å². The summed E-state index contributed by atoms with van der Waals surface area (Å²) in [7, 11) is 1.40. The van der Waals surface area contributed by atoms with Crippen LogP contribution in [0.15, 0.2) is 0 Å². The van der Waals surface area contributed by atoms with Gasteiger partial charge in [-0.05, 0) is 63.7 Å². The minimum Gasteiger partial charge on any atom is -0.359 e. The lowest BCUT2D eigenvalue weighted by Gasteiger charge is -2.31. The fraction of sp³-hybridized carbons (Fsp3) is 0.709. The lowest BCUT2D eigenvalue weighted by atomic mass is 9.96. The van der Waals surface area contributed by atoms with Crippen LogP contribution in [0.4, 0.5) is 0 Å². The molecule has 726 valence electrons. The van der Waals surface area contributed by atoms with E-state index >= 15 is 4.79 Å². The molecule has 0 bridgehead atoms. The van der Waals surface area contributed by atoms with Crippen molar-refractivity contribution in [2.24, 2.45) is 59.0 Å². The number of hydrogen-bond acceptors (Lipinski definition) is 35. The maximum absolute atomic E-state index is 15.1. The van der Waals surface area contributed by atoms with Crippen LogP contribution in [0.1, 0.15) is 202 Å². The molecule has 0 aliphatic carbocycles. The highest BCUT2D eigenvalue weighted by Crippen LogP contribution is 2.18. The van der Waals surface area contributed by atoms with E-state index in [9.17, 15) is 115 Å². The van der Waals surface area contributed by atoms with Gasteiger partial charge in [0.2, 0.25) is 47.3 Å². The molecule has 129 heavy (non-hydrogen) atoms. The molecule has 43 heteroatoms. The highest BCUT2D eigenvalue weighted by molar-refractivity contribution is 6.02. The van der Waals surface area contributed by atoms with Crippen molar-refractivity contribution in [2.75, 3.05) is 26.7 Å². The molecule has 0 fully saturated rings. The molecule has 0 aliphatic heterocycles. The van der Waals surface area contributed by atoms with Crippen molar-refractivity contribution in [2.45, 2.75) is 311 Å². The Balaban J connectivity index is 7.53. The summed E-state index contributed by atoms with van der Waals surface area (Å²) in [4.78, 5) is 333. The van der Waals surface area contributed by atoms with Crippen LogP contribution in [0.5, 0.6) is 0 Å². The van der Waals surface area contributed by atoms with Gasteiger partial charge in [-0.1, -0.05) is 116 Å². The van der Waals surface area contributed by atoms with Crippen LogP contribution in [0.2, 0.25) is 0 Å². The molecular weight excluding hydrogens is 1690 g/mol. The Morgan fingerprint density at radius 1 is 0.287 bits per heavy atom. The quantitative estimate of drug-likeness (QED) is 0.0201. The van der Waals surface area contributed by atoms with Gasteiger partial charge in [-0.25, -0.2) is 0 Å². The van der Waals surface area contributed by atoms with E-state index in [0.717, 1.165) is 0 Å². The van der Waals surface area contributed by atoms with Crippen molar-refractivity contribution >= 4 is 150 Å². The van der Waals surface area contributed by atoms with Crippen LogP contribution in [0.3, 0.4) is 0 Å². The lowest BCUT2D eigenvalue weighted by molar-refractivity contribution is -0.136. The van der Waals surface area contributed by atoms with Gasteiger partial charge in [-0.3, -0.25) is 125 Å². The van der Waals surface area contributed by atoms with Gasteiger partial charge < -0.3 is 91.4 Å². The fourth-order valence-corrected chi connectivity index (χ4v) is 12.8. The Morgan fingerprint density at radius 3 is 0.977 bits per heavy atom. The molecule has 0 heterocycles. The molecule has 0 aromatic rings. The average Bonchev–Trinajstić information content (AvgIpc) is 0.860. The predicted molar refractivity (Wildman–Crippen MR) is 470 cm³/mol. The first-order valence-electron chi connectivity index (χ1n) is 43.7. The molecule has 0 radical (unpaired) electrons. The highest BCUT2D eigenvalue weighted by Gasteiger charge is 2.41. The third kappa shape index (κ3) is 43.8. The van der Waals surface area contributed by atoms with Crippen LogP contribution in [0, 0.1) is 53.3 Å². The summed E-state index contributed by atoms with van der Waals surface area (Å²) in [6.45, 7) is 26.1. The summed E-state index contributed by atoms with van der Waals surface area (Å²) in [6.07, 6.45) is -9.24. The Kier molecular flexibility index (Phi) is 57.9. The molecule has 25 atom stereocenters. The zero-order valence-corrected chi connectivity index (χ0v) is 77.7. The Hall–Kier alpha value is -10.2. The second-order valence-corrected chi connectivity index (χ2v) is 33.8. The van der Waals surface area contributed by atoms with Crippen molar-refractivity contribution in [1.82, 2.24) is 90.4 Å². The van der Waals surface area contributed by atoms with Gasteiger partial charge in [-0.15, -0.1) is 0 Å². The molecule has 43 nitrogen and oxygen atoms in total. The maximum atomic E-state index is 15.1. The monoisotopic (exact) mass is 1830 g/mol. The number of carbonyl (C=O) groups is 25. The van der Waals surface area contributed by atoms with E-state index in [1.165, 1.54) is 62.4 Å². The SMILES string of the molecule is CC[C@H](C)[C@@H](C=O)N[C@H](NC(=O)[C@@H](CC(=O)[C@@H](NC(=O)[C@H](C)CC(=O)[C@H](C)NC(=O)[C@@H](CC(=O)[C@@H](NC(=O)[C@H](C)CC(=O)[C@@H](N)NCC=O)N[C@H](C=O)C(C)C)NCC=O)N[C@H](C=O)CC(C)C)N[C@@H](C)C=O)C(=O)C[C@@H](N[C@H](C=O)[C@@H](C)CC)C(=O)N[C@@H](NCC=O)C(=O)C[C@@H](C)C(=O)N[C@@H](C)C(=O)C[C@@H](N[C@H](C=O)[C@@H](C)CC)C(=O)N[C@@H](C)C(=O)C[C@@H](C)C(=O)NC. The van der Waals surface area contributed by atoms with E-state index in [-0.39, 0.29) is 37.6 Å². The summed E-state index contributed by atoms with van der Waals surface area (Å²) >= 11 is 0. The molecule has 0 aliphatic rings. The lowest BCUT2D eigenvalue weighted by Crippen LogP contribution is -2.63. The Labute approximate surface area is 753 Å².